The summed E-state index contributed by atoms with van der Waals surface area (Å²) in [7, 11) is 0. The number of carbonyl (C=O) groups is 1. The van der Waals surface area contributed by atoms with Gasteiger partial charge in [0.05, 0.1) is 0 Å². The zero-order valence-electron chi connectivity index (χ0n) is 25.1. The summed E-state index contributed by atoms with van der Waals surface area (Å²) in [6, 6.07) is 0. The first kappa shape index (κ1) is 34.9. The fourth-order valence-corrected chi connectivity index (χ4v) is 12.5. The number of rotatable bonds is 27. The number of hydrogen-bond donors (Lipinski definition) is 0. The van der Waals surface area contributed by atoms with Crippen LogP contribution in [0, 0.1) is 0 Å². The van der Waals surface area contributed by atoms with Crippen LogP contribution in [0.4, 0.5) is 0 Å². The minimum atomic E-state index is -2.44. The molecule has 0 aromatic carbocycles. The average molecular weight is 515 g/mol. The number of carbonyl (C=O) groups excluding carboxylic acids is 1. The molecule has 0 fully saturated rings. The van der Waals surface area contributed by atoms with Crippen LogP contribution < -0.4 is 0 Å². The van der Waals surface area contributed by atoms with Crippen LogP contribution >= 0.6 is 6.83 Å². The van der Waals surface area contributed by atoms with E-state index in [0.717, 1.165) is 6.42 Å². The van der Waals surface area contributed by atoms with E-state index in [-0.39, 0.29) is 5.97 Å². The molecule has 3 heteroatoms. The molecule has 0 heterocycles. The monoisotopic (exact) mass is 514 g/mol. The Morgan fingerprint density at radius 3 is 1.03 bits per heavy atom. The minimum absolute atomic E-state index is 0.144. The van der Waals surface area contributed by atoms with Gasteiger partial charge in [0.25, 0.3) is 0 Å². The van der Waals surface area contributed by atoms with Gasteiger partial charge >= 0.3 is 190 Å². The van der Waals surface area contributed by atoms with Gasteiger partial charge in [-0.05, 0) is 0 Å². The van der Waals surface area contributed by atoms with E-state index in [1.54, 1.807) is 0 Å². The predicted molar refractivity (Wildman–Crippen MR) is 162 cm³/mol. The van der Waals surface area contributed by atoms with Crippen LogP contribution in [0.25, 0.3) is 0 Å². The molecule has 35 heavy (non-hydrogen) atoms. The van der Waals surface area contributed by atoms with E-state index in [9.17, 15) is 4.79 Å². The number of unbranched alkanes of at least 4 members (excludes halogenated alkanes) is 16. The van der Waals surface area contributed by atoms with Crippen molar-refractivity contribution >= 4 is 12.8 Å². The molecule has 0 aromatic rings. The molecule has 0 spiro atoms. The van der Waals surface area contributed by atoms with E-state index in [1.165, 1.54) is 153 Å². The Hall–Kier alpha value is -0.100. The van der Waals surface area contributed by atoms with Crippen molar-refractivity contribution in [1.29, 1.82) is 0 Å². The molecule has 0 amide bonds. The first-order chi connectivity index (χ1) is 17.0. The van der Waals surface area contributed by atoms with Crippen molar-refractivity contribution in [3.63, 3.8) is 0 Å². The molecule has 0 unspecified atom stereocenters. The first-order valence-corrected chi connectivity index (χ1v) is 19.1. The van der Waals surface area contributed by atoms with Crippen LogP contribution in [0.3, 0.4) is 0 Å². The van der Waals surface area contributed by atoms with Crippen molar-refractivity contribution in [1.82, 2.24) is 0 Å². The normalized spacial score (nSPS) is 13.0. The Balaban J connectivity index is 4.54. The molecule has 0 rings (SSSR count). The van der Waals surface area contributed by atoms with Gasteiger partial charge in [-0.2, -0.15) is 0 Å². The molecular formula is C32H67O2P. The van der Waals surface area contributed by atoms with E-state index in [4.69, 9.17) is 4.52 Å². The molecule has 0 atom stereocenters. The molecule has 0 aliphatic rings. The molecule has 0 saturated heterocycles. The SMILES string of the molecule is CCCCCCCCCCCCCCCC(=O)OP(CCCC)(CCCC)(CCCC)CCCC. The van der Waals surface area contributed by atoms with Gasteiger partial charge in [-0.15, -0.1) is 0 Å². The summed E-state index contributed by atoms with van der Waals surface area (Å²) >= 11 is 0. The summed E-state index contributed by atoms with van der Waals surface area (Å²) in [5.74, 6) is 0.144. The third-order valence-electron chi connectivity index (χ3n) is 8.15. The van der Waals surface area contributed by atoms with Gasteiger partial charge < -0.3 is 0 Å². The Bertz CT molecular complexity index is 433. The number of hydrogen-bond acceptors (Lipinski definition) is 2. The van der Waals surface area contributed by atoms with Gasteiger partial charge in [0.1, 0.15) is 0 Å². The third kappa shape index (κ3) is 17.1. The van der Waals surface area contributed by atoms with Crippen molar-refractivity contribution in [3.8, 4) is 0 Å². The molecule has 0 N–H and O–H groups in total. The van der Waals surface area contributed by atoms with Gasteiger partial charge in [0.15, 0.2) is 0 Å². The van der Waals surface area contributed by atoms with Crippen LogP contribution in [0.5, 0.6) is 0 Å². The molecule has 0 aliphatic heterocycles. The summed E-state index contributed by atoms with van der Waals surface area (Å²) in [6.07, 6.45) is 32.6. The van der Waals surface area contributed by atoms with Crippen molar-refractivity contribution in [2.75, 3.05) is 24.6 Å². The van der Waals surface area contributed by atoms with Crippen LogP contribution in [-0.2, 0) is 9.32 Å². The van der Waals surface area contributed by atoms with Crippen molar-refractivity contribution in [2.24, 2.45) is 0 Å². The van der Waals surface area contributed by atoms with Gasteiger partial charge in [-0.3, -0.25) is 0 Å². The third-order valence-corrected chi connectivity index (χ3v) is 14.7. The zero-order chi connectivity index (χ0) is 26.1. The van der Waals surface area contributed by atoms with Crippen LogP contribution in [0.15, 0.2) is 0 Å². The van der Waals surface area contributed by atoms with Gasteiger partial charge in [0, 0.05) is 0 Å². The molecule has 0 radical (unpaired) electrons. The van der Waals surface area contributed by atoms with Crippen molar-refractivity contribution in [3.05, 3.63) is 0 Å². The topological polar surface area (TPSA) is 26.3 Å². The summed E-state index contributed by atoms with van der Waals surface area (Å²) in [5.41, 5.74) is 0. The fraction of sp³-hybridized carbons (Fsp3) is 0.969. The molecule has 0 aliphatic carbocycles. The Kier molecular flexibility index (Phi) is 23.0. The second kappa shape index (κ2) is 23.0. The van der Waals surface area contributed by atoms with Gasteiger partial charge in [-0.25, -0.2) is 0 Å². The van der Waals surface area contributed by atoms with Crippen molar-refractivity contribution in [2.45, 2.75) is 176 Å². The van der Waals surface area contributed by atoms with Crippen LogP contribution in [-0.4, -0.2) is 30.6 Å². The van der Waals surface area contributed by atoms with E-state index in [2.05, 4.69) is 34.6 Å². The summed E-state index contributed by atoms with van der Waals surface area (Å²) in [5, 5.41) is 0. The van der Waals surface area contributed by atoms with Crippen LogP contribution in [0.2, 0.25) is 0 Å². The summed E-state index contributed by atoms with van der Waals surface area (Å²) in [6.45, 7) is 9.01. The molecular weight excluding hydrogens is 447 g/mol. The fourth-order valence-electron chi connectivity index (χ4n) is 5.71. The summed E-state index contributed by atoms with van der Waals surface area (Å²) < 4.78 is 6.83. The predicted octanol–water partition coefficient (Wildman–Crippen LogP) is 11.7. The van der Waals surface area contributed by atoms with E-state index >= 15 is 0 Å². The van der Waals surface area contributed by atoms with Gasteiger partial charge in [0.2, 0.25) is 0 Å². The zero-order valence-corrected chi connectivity index (χ0v) is 26.0. The summed E-state index contributed by atoms with van der Waals surface area (Å²) in [4.78, 5) is 13.2. The Morgan fingerprint density at radius 1 is 0.429 bits per heavy atom. The molecule has 0 saturated carbocycles. The second-order valence-electron chi connectivity index (χ2n) is 11.6. The van der Waals surface area contributed by atoms with E-state index in [1.807, 2.05) is 0 Å². The maximum absolute atomic E-state index is 13.2. The molecule has 0 bridgehead atoms. The molecule has 0 aromatic heterocycles. The maximum atomic E-state index is 13.2. The molecule has 212 valence electrons. The van der Waals surface area contributed by atoms with E-state index in [0.29, 0.717) is 6.42 Å². The standard InChI is InChI=1S/C32H67O2P/c1-6-11-16-17-18-19-20-21-22-23-24-25-26-27-32(33)34-35(28-12-7-2,29-13-8-3,30-14-9-4)31-15-10-5/h6-31H2,1-5H3. The van der Waals surface area contributed by atoms with Crippen molar-refractivity contribution < 1.29 is 9.32 Å². The Labute approximate surface area is 222 Å². The Morgan fingerprint density at radius 2 is 0.714 bits per heavy atom. The quantitative estimate of drug-likeness (QED) is 0.0804. The van der Waals surface area contributed by atoms with Gasteiger partial charge in [-0.1, -0.05) is 32.6 Å². The van der Waals surface area contributed by atoms with E-state index < -0.39 is 6.83 Å². The first-order valence-electron chi connectivity index (χ1n) is 16.2. The molecule has 2 nitrogen and oxygen atoms in total. The second-order valence-corrected chi connectivity index (χ2v) is 17.3. The average Bonchev–Trinajstić information content (AvgIpc) is 2.87. The van der Waals surface area contributed by atoms with Crippen LogP contribution in [0.1, 0.15) is 176 Å².